The topological polar surface area (TPSA) is 66.9 Å². The normalized spacial score (nSPS) is 13.6. The fourth-order valence-electron chi connectivity index (χ4n) is 2.57. The first-order chi connectivity index (χ1) is 12.2. The third-order valence-electron chi connectivity index (χ3n) is 3.71. The van der Waals surface area contributed by atoms with E-state index in [2.05, 4.69) is 4.74 Å². The van der Waals surface area contributed by atoms with Gasteiger partial charge >= 0.3 is 6.36 Å². The van der Waals surface area contributed by atoms with Gasteiger partial charge in [-0.25, -0.2) is 5.01 Å². The SMILES string of the molecule is CN(C(=O)c1ccccc1OC(F)(F)F)N1C(=O)c2ccccc2C1=O. The fourth-order valence-corrected chi connectivity index (χ4v) is 2.57. The van der Waals surface area contributed by atoms with Crippen LogP contribution in [-0.2, 0) is 0 Å². The van der Waals surface area contributed by atoms with Crippen LogP contribution >= 0.6 is 0 Å². The molecule has 2 aromatic rings. The van der Waals surface area contributed by atoms with Crippen LogP contribution < -0.4 is 4.74 Å². The van der Waals surface area contributed by atoms with Crippen LogP contribution in [0.5, 0.6) is 5.75 Å². The quantitative estimate of drug-likeness (QED) is 0.786. The largest absolute Gasteiger partial charge is 0.573 e. The number of rotatable bonds is 3. The molecule has 0 atom stereocenters. The number of carbonyl (C=O) groups excluding carboxylic acids is 3. The first-order valence-electron chi connectivity index (χ1n) is 7.31. The van der Waals surface area contributed by atoms with E-state index in [1.54, 1.807) is 12.1 Å². The molecule has 0 unspecified atom stereocenters. The molecule has 6 nitrogen and oxygen atoms in total. The Morgan fingerprint density at radius 1 is 0.962 bits per heavy atom. The molecular formula is C17H11F3N2O4. The zero-order valence-electron chi connectivity index (χ0n) is 13.3. The summed E-state index contributed by atoms with van der Waals surface area (Å²) in [5.74, 6) is -3.21. The van der Waals surface area contributed by atoms with Crippen molar-refractivity contribution in [2.75, 3.05) is 7.05 Å². The molecule has 0 saturated carbocycles. The van der Waals surface area contributed by atoms with Crippen molar-refractivity contribution in [1.82, 2.24) is 10.0 Å². The Morgan fingerprint density at radius 2 is 1.46 bits per heavy atom. The third kappa shape index (κ3) is 2.99. The minimum absolute atomic E-state index is 0.108. The number of hydrogen-bond donors (Lipinski definition) is 0. The molecule has 9 heteroatoms. The van der Waals surface area contributed by atoms with Crippen LogP contribution in [0, 0.1) is 0 Å². The molecular weight excluding hydrogens is 353 g/mol. The molecule has 0 bridgehead atoms. The van der Waals surface area contributed by atoms with Crippen LogP contribution in [0.25, 0.3) is 0 Å². The molecule has 3 rings (SSSR count). The molecule has 0 radical (unpaired) electrons. The maximum atomic E-state index is 12.6. The minimum atomic E-state index is -5.00. The number of nitrogens with zero attached hydrogens (tertiary/aromatic N) is 2. The molecule has 0 saturated heterocycles. The van der Waals surface area contributed by atoms with Gasteiger partial charge in [0.15, 0.2) is 0 Å². The molecule has 1 aliphatic heterocycles. The Labute approximate surface area is 145 Å². The molecule has 1 heterocycles. The molecule has 2 aromatic carbocycles. The monoisotopic (exact) mass is 364 g/mol. The highest BCUT2D eigenvalue weighted by Crippen LogP contribution is 2.29. The highest BCUT2D eigenvalue weighted by atomic mass is 19.4. The lowest BCUT2D eigenvalue weighted by Crippen LogP contribution is -2.47. The molecule has 0 aromatic heterocycles. The van der Waals surface area contributed by atoms with E-state index in [0.717, 1.165) is 19.2 Å². The number of alkyl halides is 3. The lowest BCUT2D eigenvalue weighted by atomic mass is 10.1. The summed E-state index contributed by atoms with van der Waals surface area (Å²) in [4.78, 5) is 37.4. The highest BCUT2D eigenvalue weighted by molar-refractivity contribution is 6.22. The smallest absolute Gasteiger partial charge is 0.405 e. The van der Waals surface area contributed by atoms with E-state index in [-0.39, 0.29) is 11.1 Å². The Balaban J connectivity index is 1.93. The zero-order chi connectivity index (χ0) is 19.1. The summed E-state index contributed by atoms with van der Waals surface area (Å²) in [6.45, 7) is 0. The van der Waals surface area contributed by atoms with Gasteiger partial charge in [0.05, 0.1) is 16.7 Å². The second-order valence-electron chi connectivity index (χ2n) is 5.34. The van der Waals surface area contributed by atoms with Gasteiger partial charge in [-0.05, 0) is 24.3 Å². The van der Waals surface area contributed by atoms with Crippen LogP contribution in [0.15, 0.2) is 48.5 Å². The Morgan fingerprint density at radius 3 is 2.00 bits per heavy atom. The second-order valence-corrected chi connectivity index (χ2v) is 5.34. The van der Waals surface area contributed by atoms with E-state index in [1.807, 2.05) is 0 Å². The standard InChI is InChI=1S/C17H11F3N2O4/c1-21(22-15(24)10-6-2-3-7-11(10)16(22)25)14(23)12-8-4-5-9-13(12)26-17(18,19)20/h2-9H,1H3. The molecule has 0 fully saturated rings. The van der Waals surface area contributed by atoms with Crippen LogP contribution in [0.1, 0.15) is 31.1 Å². The average Bonchev–Trinajstić information content (AvgIpc) is 2.84. The van der Waals surface area contributed by atoms with Crippen LogP contribution in [0.2, 0.25) is 0 Å². The maximum Gasteiger partial charge on any atom is 0.573 e. The molecule has 0 spiro atoms. The molecule has 1 aliphatic rings. The maximum absolute atomic E-state index is 12.6. The Bertz CT molecular complexity index is 876. The molecule has 26 heavy (non-hydrogen) atoms. The lowest BCUT2D eigenvalue weighted by molar-refractivity contribution is -0.274. The summed E-state index contributed by atoms with van der Waals surface area (Å²) in [5, 5.41) is 1.25. The third-order valence-corrected chi connectivity index (χ3v) is 3.71. The zero-order valence-corrected chi connectivity index (χ0v) is 13.3. The summed E-state index contributed by atoms with van der Waals surface area (Å²) < 4.78 is 41.4. The van der Waals surface area contributed by atoms with Crippen LogP contribution in [-0.4, -0.2) is 41.1 Å². The van der Waals surface area contributed by atoms with Crippen molar-refractivity contribution in [2.24, 2.45) is 0 Å². The van der Waals surface area contributed by atoms with E-state index in [9.17, 15) is 27.6 Å². The summed E-state index contributed by atoms with van der Waals surface area (Å²) in [5.41, 5.74) is -0.224. The summed E-state index contributed by atoms with van der Waals surface area (Å²) >= 11 is 0. The second kappa shape index (κ2) is 6.17. The molecule has 0 aliphatic carbocycles. The number of ether oxygens (including phenoxy) is 1. The number of hydrogen-bond acceptors (Lipinski definition) is 4. The van der Waals surface area contributed by atoms with Gasteiger partial charge in [0.2, 0.25) is 0 Å². The van der Waals surface area contributed by atoms with Gasteiger partial charge in [0.1, 0.15) is 5.75 Å². The number of amides is 3. The van der Waals surface area contributed by atoms with Gasteiger partial charge in [-0.15, -0.1) is 13.2 Å². The number of carbonyl (C=O) groups is 3. The van der Waals surface area contributed by atoms with Gasteiger partial charge < -0.3 is 4.74 Å². The van der Waals surface area contributed by atoms with Gasteiger partial charge in [-0.3, -0.25) is 14.4 Å². The van der Waals surface area contributed by atoms with Gasteiger partial charge in [0, 0.05) is 7.05 Å². The van der Waals surface area contributed by atoms with E-state index in [1.165, 1.54) is 24.3 Å². The van der Waals surface area contributed by atoms with Crippen LogP contribution in [0.4, 0.5) is 13.2 Å². The highest BCUT2D eigenvalue weighted by Gasteiger charge is 2.41. The van der Waals surface area contributed by atoms with Crippen LogP contribution in [0.3, 0.4) is 0 Å². The van der Waals surface area contributed by atoms with E-state index >= 15 is 0 Å². The number of halogens is 3. The van der Waals surface area contributed by atoms with E-state index < -0.39 is 35.4 Å². The van der Waals surface area contributed by atoms with Crippen molar-refractivity contribution in [2.45, 2.75) is 6.36 Å². The first kappa shape index (κ1) is 17.5. The predicted octanol–water partition coefficient (Wildman–Crippen LogP) is 2.87. The van der Waals surface area contributed by atoms with Gasteiger partial charge in [-0.1, -0.05) is 24.3 Å². The molecule has 0 N–H and O–H groups in total. The lowest BCUT2D eigenvalue weighted by Gasteiger charge is -2.26. The van der Waals surface area contributed by atoms with Crippen molar-refractivity contribution in [3.8, 4) is 5.75 Å². The Hall–Kier alpha value is -3.36. The van der Waals surface area contributed by atoms with E-state index in [4.69, 9.17) is 0 Å². The predicted molar refractivity (Wildman–Crippen MR) is 82.2 cm³/mol. The number of hydrazine groups is 1. The summed E-state index contributed by atoms with van der Waals surface area (Å²) in [6.07, 6.45) is -5.00. The Kier molecular flexibility index (Phi) is 4.15. The fraction of sp³-hybridized carbons (Fsp3) is 0.118. The minimum Gasteiger partial charge on any atom is -0.405 e. The van der Waals surface area contributed by atoms with E-state index in [0.29, 0.717) is 10.0 Å². The summed E-state index contributed by atoms with van der Waals surface area (Å²) in [6, 6.07) is 10.6. The van der Waals surface area contributed by atoms with Crippen molar-refractivity contribution in [1.29, 1.82) is 0 Å². The number of para-hydroxylation sites is 1. The van der Waals surface area contributed by atoms with Crippen molar-refractivity contribution >= 4 is 17.7 Å². The molecule has 3 amide bonds. The number of benzene rings is 2. The van der Waals surface area contributed by atoms with Crippen molar-refractivity contribution in [3.63, 3.8) is 0 Å². The molecule has 134 valence electrons. The average molecular weight is 364 g/mol. The number of fused-ring (bicyclic) bond motifs is 1. The first-order valence-corrected chi connectivity index (χ1v) is 7.31. The number of imide groups is 1. The van der Waals surface area contributed by atoms with Gasteiger partial charge in [0.25, 0.3) is 17.7 Å². The van der Waals surface area contributed by atoms with Crippen molar-refractivity contribution in [3.05, 3.63) is 65.2 Å². The van der Waals surface area contributed by atoms with Crippen molar-refractivity contribution < 1.29 is 32.3 Å². The van der Waals surface area contributed by atoms with Gasteiger partial charge in [-0.2, -0.15) is 5.01 Å². The summed E-state index contributed by atoms with van der Waals surface area (Å²) in [7, 11) is 1.12.